The quantitative estimate of drug-likeness (QED) is 0.841. The molecule has 2 aliphatic rings. The molecule has 3 unspecified atom stereocenters. The molecule has 124 valence electrons. The molecule has 2 saturated heterocycles. The van der Waals surface area contributed by atoms with Crippen LogP contribution >= 0.6 is 0 Å². The summed E-state index contributed by atoms with van der Waals surface area (Å²) in [6, 6.07) is 1.52. The van der Waals surface area contributed by atoms with Crippen LogP contribution in [0.15, 0.2) is 0 Å². The Morgan fingerprint density at radius 1 is 1.05 bits per heavy atom. The van der Waals surface area contributed by atoms with Gasteiger partial charge < -0.3 is 5.32 Å². The number of likely N-dealkylation sites (tertiary alicyclic amines) is 2. The lowest BCUT2D eigenvalue weighted by Crippen LogP contribution is -2.46. The topological polar surface area (TPSA) is 18.5 Å². The first-order chi connectivity index (χ1) is 9.87. The number of hydrogen-bond donors (Lipinski definition) is 1. The molecule has 0 aromatic heterocycles. The average molecular weight is 296 g/mol. The Morgan fingerprint density at radius 2 is 1.71 bits per heavy atom. The van der Waals surface area contributed by atoms with Gasteiger partial charge in [-0.2, -0.15) is 0 Å². The Kier molecular flexibility index (Phi) is 6.10. The molecule has 21 heavy (non-hydrogen) atoms. The standard InChI is InChI=1S/C18H37N3/c1-15(13-19-18(3,4)5)16(2)21-12-9-17(14-21)20-10-7-6-8-11-20/h15-17,19H,6-14H2,1-5H3. The summed E-state index contributed by atoms with van der Waals surface area (Å²) < 4.78 is 0. The summed E-state index contributed by atoms with van der Waals surface area (Å²) in [4.78, 5) is 5.49. The lowest BCUT2D eigenvalue weighted by molar-refractivity contribution is 0.140. The van der Waals surface area contributed by atoms with Crippen LogP contribution in [0.1, 0.15) is 60.3 Å². The molecule has 2 aliphatic heterocycles. The first kappa shape index (κ1) is 17.2. The van der Waals surface area contributed by atoms with Gasteiger partial charge >= 0.3 is 0 Å². The molecule has 2 fully saturated rings. The van der Waals surface area contributed by atoms with Gasteiger partial charge in [0.15, 0.2) is 0 Å². The molecule has 0 bridgehead atoms. The molecule has 3 atom stereocenters. The zero-order valence-electron chi connectivity index (χ0n) is 15.0. The monoisotopic (exact) mass is 295 g/mol. The molecule has 0 aliphatic carbocycles. The molecule has 2 heterocycles. The van der Waals surface area contributed by atoms with Crippen molar-refractivity contribution in [2.45, 2.75) is 77.9 Å². The smallest absolute Gasteiger partial charge is 0.0235 e. The molecule has 0 aromatic carbocycles. The van der Waals surface area contributed by atoms with E-state index in [1.807, 2.05) is 0 Å². The van der Waals surface area contributed by atoms with Crippen molar-refractivity contribution >= 4 is 0 Å². The van der Waals surface area contributed by atoms with Crippen LogP contribution in [0.2, 0.25) is 0 Å². The van der Waals surface area contributed by atoms with Gasteiger partial charge in [-0.05, 0) is 72.5 Å². The van der Waals surface area contributed by atoms with E-state index < -0.39 is 0 Å². The van der Waals surface area contributed by atoms with Gasteiger partial charge in [-0.25, -0.2) is 0 Å². The molecule has 1 N–H and O–H groups in total. The molecule has 0 radical (unpaired) electrons. The Hall–Kier alpha value is -0.120. The van der Waals surface area contributed by atoms with E-state index >= 15 is 0 Å². The van der Waals surface area contributed by atoms with Gasteiger partial charge in [-0.15, -0.1) is 0 Å². The Bertz CT molecular complexity index is 304. The maximum atomic E-state index is 3.66. The third kappa shape index (κ3) is 5.22. The fourth-order valence-electron chi connectivity index (χ4n) is 3.72. The molecule has 0 spiro atoms. The lowest BCUT2D eigenvalue weighted by Gasteiger charge is -2.35. The predicted molar refractivity (Wildman–Crippen MR) is 91.8 cm³/mol. The number of nitrogens with zero attached hydrogens (tertiary/aromatic N) is 2. The number of rotatable bonds is 5. The Morgan fingerprint density at radius 3 is 2.33 bits per heavy atom. The van der Waals surface area contributed by atoms with Crippen LogP contribution in [0.4, 0.5) is 0 Å². The molecular weight excluding hydrogens is 258 g/mol. The second-order valence-electron chi connectivity index (χ2n) is 8.38. The summed E-state index contributed by atoms with van der Waals surface area (Å²) in [6.07, 6.45) is 5.65. The van der Waals surface area contributed by atoms with Crippen molar-refractivity contribution < 1.29 is 0 Å². The van der Waals surface area contributed by atoms with E-state index in [0.29, 0.717) is 12.0 Å². The Labute approximate surface area is 132 Å². The molecule has 0 saturated carbocycles. The minimum Gasteiger partial charge on any atom is -0.312 e. The molecule has 2 rings (SSSR count). The number of nitrogens with one attached hydrogen (secondary N) is 1. The van der Waals surface area contributed by atoms with Gasteiger partial charge in [0, 0.05) is 30.7 Å². The van der Waals surface area contributed by atoms with Gasteiger partial charge in [0.05, 0.1) is 0 Å². The van der Waals surface area contributed by atoms with Crippen molar-refractivity contribution in [2.24, 2.45) is 5.92 Å². The zero-order chi connectivity index (χ0) is 15.5. The van der Waals surface area contributed by atoms with Gasteiger partial charge in [-0.1, -0.05) is 13.3 Å². The third-order valence-corrected chi connectivity index (χ3v) is 5.46. The normalized spacial score (nSPS) is 28.7. The predicted octanol–water partition coefficient (Wildman–Crippen LogP) is 2.96. The minimum atomic E-state index is 0.231. The van der Waals surface area contributed by atoms with Crippen molar-refractivity contribution in [3.8, 4) is 0 Å². The van der Waals surface area contributed by atoms with Crippen molar-refractivity contribution in [3.63, 3.8) is 0 Å². The van der Waals surface area contributed by atoms with Crippen molar-refractivity contribution in [3.05, 3.63) is 0 Å². The highest BCUT2D eigenvalue weighted by Crippen LogP contribution is 2.23. The van der Waals surface area contributed by atoms with Gasteiger partial charge in [0.1, 0.15) is 0 Å². The maximum Gasteiger partial charge on any atom is 0.0235 e. The molecular formula is C18H37N3. The summed E-state index contributed by atoms with van der Waals surface area (Å²) in [7, 11) is 0. The van der Waals surface area contributed by atoms with Gasteiger partial charge in [0.2, 0.25) is 0 Å². The fraction of sp³-hybridized carbons (Fsp3) is 1.00. The molecule has 0 aromatic rings. The van der Waals surface area contributed by atoms with Crippen molar-refractivity contribution in [1.82, 2.24) is 15.1 Å². The van der Waals surface area contributed by atoms with Crippen LogP contribution in [0, 0.1) is 5.92 Å². The van der Waals surface area contributed by atoms with E-state index in [0.717, 1.165) is 12.6 Å². The first-order valence-corrected chi connectivity index (χ1v) is 9.10. The van der Waals surface area contributed by atoms with E-state index in [2.05, 4.69) is 49.7 Å². The van der Waals surface area contributed by atoms with E-state index in [9.17, 15) is 0 Å². The fourth-order valence-corrected chi connectivity index (χ4v) is 3.72. The molecule has 3 heteroatoms. The first-order valence-electron chi connectivity index (χ1n) is 9.10. The second-order valence-corrected chi connectivity index (χ2v) is 8.38. The highest BCUT2D eigenvalue weighted by atomic mass is 15.3. The highest BCUT2D eigenvalue weighted by Gasteiger charge is 2.32. The van der Waals surface area contributed by atoms with E-state index in [-0.39, 0.29) is 5.54 Å². The minimum absolute atomic E-state index is 0.231. The highest BCUT2D eigenvalue weighted by molar-refractivity contribution is 4.89. The van der Waals surface area contributed by atoms with Crippen LogP contribution in [0.3, 0.4) is 0 Å². The van der Waals surface area contributed by atoms with Crippen LogP contribution in [0.25, 0.3) is 0 Å². The summed E-state index contributed by atoms with van der Waals surface area (Å²) in [5.74, 6) is 0.712. The molecule has 0 amide bonds. The summed E-state index contributed by atoms with van der Waals surface area (Å²) in [6.45, 7) is 18.0. The number of hydrogen-bond acceptors (Lipinski definition) is 3. The largest absolute Gasteiger partial charge is 0.312 e. The third-order valence-electron chi connectivity index (χ3n) is 5.46. The summed E-state index contributed by atoms with van der Waals surface area (Å²) in [5, 5.41) is 3.66. The molecule has 3 nitrogen and oxygen atoms in total. The average Bonchev–Trinajstić information content (AvgIpc) is 2.94. The van der Waals surface area contributed by atoms with Crippen molar-refractivity contribution in [1.29, 1.82) is 0 Å². The van der Waals surface area contributed by atoms with Crippen LogP contribution in [-0.4, -0.2) is 60.1 Å². The zero-order valence-corrected chi connectivity index (χ0v) is 15.0. The van der Waals surface area contributed by atoms with E-state index in [1.165, 1.54) is 51.9 Å². The van der Waals surface area contributed by atoms with Crippen LogP contribution in [-0.2, 0) is 0 Å². The second kappa shape index (κ2) is 7.43. The lowest BCUT2D eigenvalue weighted by atomic mass is 10.00. The summed E-state index contributed by atoms with van der Waals surface area (Å²) >= 11 is 0. The maximum absolute atomic E-state index is 3.66. The van der Waals surface area contributed by atoms with Crippen LogP contribution in [0.5, 0.6) is 0 Å². The number of piperidine rings is 1. The van der Waals surface area contributed by atoms with Gasteiger partial charge in [-0.3, -0.25) is 9.80 Å². The summed E-state index contributed by atoms with van der Waals surface area (Å²) in [5.41, 5.74) is 0.231. The Balaban J connectivity index is 1.77. The van der Waals surface area contributed by atoms with Gasteiger partial charge in [0.25, 0.3) is 0 Å². The SMILES string of the molecule is CC(CNC(C)(C)C)C(C)N1CCC(N2CCCCC2)C1. The van der Waals surface area contributed by atoms with E-state index in [1.54, 1.807) is 0 Å². The van der Waals surface area contributed by atoms with Crippen LogP contribution < -0.4 is 5.32 Å². The van der Waals surface area contributed by atoms with Crippen molar-refractivity contribution in [2.75, 3.05) is 32.7 Å². The van der Waals surface area contributed by atoms with E-state index in [4.69, 9.17) is 0 Å².